The van der Waals surface area contributed by atoms with Gasteiger partial charge in [0.2, 0.25) is 0 Å². The summed E-state index contributed by atoms with van der Waals surface area (Å²) in [4.78, 5) is 23.6. The van der Waals surface area contributed by atoms with Gasteiger partial charge in [0.1, 0.15) is 6.61 Å². The predicted octanol–water partition coefficient (Wildman–Crippen LogP) is 2.13. The first-order valence-electron chi connectivity index (χ1n) is 7.15. The summed E-state index contributed by atoms with van der Waals surface area (Å²) in [6.07, 6.45) is -0.688. The Bertz CT molecular complexity index is 461. The van der Waals surface area contributed by atoms with Crippen LogP contribution in [0.15, 0.2) is 30.3 Å². The molecule has 0 saturated carbocycles. The minimum Gasteiger partial charge on any atom is -0.464 e. The molecule has 0 aliphatic heterocycles. The molecule has 1 atom stereocenters. The average molecular weight is 309 g/mol. The van der Waals surface area contributed by atoms with E-state index >= 15 is 0 Å². The molecule has 0 aromatic heterocycles. The minimum absolute atomic E-state index is 0.0252. The van der Waals surface area contributed by atoms with Crippen molar-refractivity contribution in [2.45, 2.75) is 26.5 Å². The smallest absolute Gasteiger partial charge is 0.408 e. The predicted molar refractivity (Wildman–Crippen MR) is 81.2 cm³/mol. The van der Waals surface area contributed by atoms with Crippen LogP contribution in [-0.4, -0.2) is 38.4 Å². The molecule has 0 radical (unpaired) electrons. The van der Waals surface area contributed by atoms with E-state index < -0.39 is 18.1 Å². The Hall–Kier alpha value is -2.08. The van der Waals surface area contributed by atoms with Gasteiger partial charge in [-0.25, -0.2) is 9.59 Å². The van der Waals surface area contributed by atoms with E-state index in [0.29, 0.717) is 6.61 Å². The molecule has 0 bridgehead atoms. The number of nitrogens with one attached hydrogen (secondary N) is 1. The van der Waals surface area contributed by atoms with Crippen LogP contribution in [0.4, 0.5) is 4.79 Å². The lowest BCUT2D eigenvalue weighted by molar-refractivity contribution is -0.148. The van der Waals surface area contributed by atoms with E-state index in [0.717, 1.165) is 5.56 Å². The Morgan fingerprint density at radius 1 is 1.09 bits per heavy atom. The van der Waals surface area contributed by atoms with Gasteiger partial charge in [0.05, 0.1) is 13.2 Å². The number of esters is 1. The Morgan fingerprint density at radius 2 is 1.77 bits per heavy atom. The van der Waals surface area contributed by atoms with E-state index in [2.05, 4.69) is 5.32 Å². The summed E-state index contributed by atoms with van der Waals surface area (Å²) in [5, 5.41) is 2.45. The average Bonchev–Trinajstić information content (AvgIpc) is 2.51. The molecule has 0 aliphatic rings. The zero-order valence-electron chi connectivity index (χ0n) is 13.2. The van der Waals surface area contributed by atoms with Crippen LogP contribution < -0.4 is 5.32 Å². The minimum atomic E-state index is -0.882. The Kier molecular flexibility index (Phi) is 7.99. The lowest BCUT2D eigenvalue weighted by Gasteiger charge is -2.17. The van der Waals surface area contributed by atoms with Gasteiger partial charge in [-0.15, -0.1) is 0 Å². The molecular formula is C16H23NO5. The quantitative estimate of drug-likeness (QED) is 0.745. The van der Waals surface area contributed by atoms with Crippen LogP contribution >= 0.6 is 0 Å². The normalized spacial score (nSPS) is 11.8. The van der Waals surface area contributed by atoms with E-state index in [1.54, 1.807) is 0 Å². The molecule has 1 aromatic carbocycles. The number of hydrogen-bond donors (Lipinski definition) is 1. The number of benzene rings is 1. The number of hydrogen-bond acceptors (Lipinski definition) is 5. The highest BCUT2D eigenvalue weighted by atomic mass is 16.6. The van der Waals surface area contributed by atoms with Crippen molar-refractivity contribution in [3.8, 4) is 0 Å². The molecule has 122 valence electrons. The fourth-order valence-corrected chi connectivity index (χ4v) is 1.59. The zero-order valence-corrected chi connectivity index (χ0v) is 13.2. The molecule has 1 amide bonds. The fourth-order valence-electron chi connectivity index (χ4n) is 1.59. The van der Waals surface area contributed by atoms with Crippen molar-refractivity contribution < 1.29 is 23.8 Å². The number of carbonyl (C=O) groups excluding carboxylic acids is 2. The van der Waals surface area contributed by atoms with E-state index in [1.165, 1.54) is 7.11 Å². The summed E-state index contributed by atoms with van der Waals surface area (Å²) >= 11 is 0. The maximum Gasteiger partial charge on any atom is 0.408 e. The first-order chi connectivity index (χ1) is 10.5. The molecule has 0 unspecified atom stereocenters. The number of rotatable bonds is 8. The van der Waals surface area contributed by atoms with Crippen LogP contribution in [0.3, 0.4) is 0 Å². The van der Waals surface area contributed by atoms with Crippen LogP contribution in [0.1, 0.15) is 19.4 Å². The number of ether oxygens (including phenoxy) is 3. The number of methoxy groups -OCH3 is 1. The van der Waals surface area contributed by atoms with Crippen LogP contribution in [0.25, 0.3) is 0 Å². The third-order valence-electron chi connectivity index (χ3n) is 2.68. The van der Waals surface area contributed by atoms with E-state index in [-0.39, 0.29) is 19.1 Å². The summed E-state index contributed by atoms with van der Waals surface area (Å²) in [7, 11) is 1.44. The molecular weight excluding hydrogens is 286 g/mol. The summed E-state index contributed by atoms with van der Waals surface area (Å²) < 4.78 is 15.1. The van der Waals surface area contributed by atoms with Gasteiger partial charge in [0.25, 0.3) is 0 Å². The first kappa shape index (κ1) is 18.0. The Labute approximate surface area is 130 Å². The van der Waals surface area contributed by atoms with Crippen molar-refractivity contribution in [1.29, 1.82) is 0 Å². The molecule has 0 aliphatic carbocycles. The molecule has 22 heavy (non-hydrogen) atoms. The van der Waals surface area contributed by atoms with Gasteiger partial charge in [-0.3, -0.25) is 0 Å². The van der Waals surface area contributed by atoms with Crippen molar-refractivity contribution in [3.05, 3.63) is 35.9 Å². The van der Waals surface area contributed by atoms with Gasteiger partial charge in [-0.2, -0.15) is 0 Å². The molecule has 0 heterocycles. The standard InChI is InChI=1S/C16H23NO5/c1-12(2)9-21-15(18)14(11-20-3)17-16(19)22-10-13-7-5-4-6-8-13/h4-8,12,14H,9-11H2,1-3H3,(H,17,19)/t14-/m0/s1. The second-order valence-electron chi connectivity index (χ2n) is 5.24. The molecule has 1 aromatic rings. The SMILES string of the molecule is COC[C@H](NC(=O)OCc1ccccc1)C(=O)OCC(C)C. The second kappa shape index (κ2) is 9.78. The lowest BCUT2D eigenvalue weighted by atomic mass is 10.2. The summed E-state index contributed by atoms with van der Waals surface area (Å²) in [5.41, 5.74) is 0.864. The third-order valence-corrected chi connectivity index (χ3v) is 2.68. The van der Waals surface area contributed by atoms with Gasteiger partial charge in [-0.05, 0) is 11.5 Å². The van der Waals surface area contributed by atoms with Crippen molar-refractivity contribution >= 4 is 12.1 Å². The number of alkyl carbamates (subject to hydrolysis) is 1. The Morgan fingerprint density at radius 3 is 2.36 bits per heavy atom. The summed E-state index contributed by atoms with van der Waals surface area (Å²) in [5.74, 6) is -0.315. The topological polar surface area (TPSA) is 73.9 Å². The third kappa shape index (κ3) is 7.08. The van der Waals surface area contributed by atoms with Gasteiger partial charge >= 0.3 is 12.1 Å². The zero-order chi connectivity index (χ0) is 16.4. The molecule has 0 saturated heterocycles. The van der Waals surface area contributed by atoms with Gasteiger partial charge < -0.3 is 19.5 Å². The number of carbonyl (C=O) groups is 2. The van der Waals surface area contributed by atoms with Crippen LogP contribution in [-0.2, 0) is 25.6 Å². The monoisotopic (exact) mass is 309 g/mol. The maximum absolute atomic E-state index is 11.9. The molecule has 6 heteroatoms. The molecule has 0 fully saturated rings. The first-order valence-corrected chi connectivity index (χ1v) is 7.15. The van der Waals surface area contributed by atoms with E-state index in [4.69, 9.17) is 14.2 Å². The highest BCUT2D eigenvalue weighted by Gasteiger charge is 2.23. The van der Waals surface area contributed by atoms with E-state index in [1.807, 2.05) is 44.2 Å². The van der Waals surface area contributed by atoms with Crippen LogP contribution in [0, 0.1) is 5.92 Å². The lowest BCUT2D eigenvalue weighted by Crippen LogP contribution is -2.45. The summed E-state index contributed by atoms with van der Waals surface area (Å²) in [6, 6.07) is 8.39. The summed E-state index contributed by atoms with van der Waals surface area (Å²) in [6.45, 7) is 4.31. The van der Waals surface area contributed by atoms with Gasteiger partial charge in [0.15, 0.2) is 6.04 Å². The Balaban J connectivity index is 2.44. The number of amides is 1. The molecule has 1 rings (SSSR count). The maximum atomic E-state index is 11.9. The van der Waals surface area contributed by atoms with Crippen LogP contribution in [0.5, 0.6) is 0 Å². The molecule has 0 spiro atoms. The highest BCUT2D eigenvalue weighted by Crippen LogP contribution is 2.02. The molecule has 6 nitrogen and oxygen atoms in total. The highest BCUT2D eigenvalue weighted by molar-refractivity contribution is 5.81. The van der Waals surface area contributed by atoms with Crippen molar-refractivity contribution in [1.82, 2.24) is 5.32 Å². The van der Waals surface area contributed by atoms with Crippen molar-refractivity contribution in [2.75, 3.05) is 20.3 Å². The second-order valence-corrected chi connectivity index (χ2v) is 5.24. The van der Waals surface area contributed by atoms with Crippen LogP contribution in [0.2, 0.25) is 0 Å². The fraction of sp³-hybridized carbons (Fsp3) is 0.500. The van der Waals surface area contributed by atoms with Crippen molar-refractivity contribution in [2.24, 2.45) is 5.92 Å². The largest absolute Gasteiger partial charge is 0.464 e. The van der Waals surface area contributed by atoms with Gasteiger partial charge in [-0.1, -0.05) is 44.2 Å². The van der Waals surface area contributed by atoms with E-state index in [9.17, 15) is 9.59 Å². The van der Waals surface area contributed by atoms with Gasteiger partial charge in [0, 0.05) is 7.11 Å². The molecule has 1 N–H and O–H groups in total. The van der Waals surface area contributed by atoms with Crippen molar-refractivity contribution in [3.63, 3.8) is 0 Å².